The maximum Gasteiger partial charge on any atom is 0.289 e. The smallest absolute Gasteiger partial charge is 0.289 e. The van der Waals surface area contributed by atoms with Crippen molar-refractivity contribution < 1.29 is 37.7 Å². The molecule has 1 atom stereocenters. The summed E-state index contributed by atoms with van der Waals surface area (Å²) in [6.45, 7) is 1.36. The Kier molecular flexibility index (Phi) is 10.6. The summed E-state index contributed by atoms with van der Waals surface area (Å²) >= 11 is 0. The Bertz CT molecular complexity index is 1640. The second kappa shape index (κ2) is 14.8. The number of amides is 2. The van der Waals surface area contributed by atoms with Crippen LogP contribution in [-0.4, -0.2) is 51.4 Å². The third kappa shape index (κ3) is 7.85. The third-order valence-electron chi connectivity index (χ3n) is 6.48. The van der Waals surface area contributed by atoms with Crippen LogP contribution < -0.4 is 25.5 Å². The Hall–Kier alpha value is -5.00. The molecule has 3 aromatic carbocycles. The maximum atomic E-state index is 13.5. The lowest BCUT2D eigenvalue weighted by atomic mass is 10.0. The number of hydrogen-bond acceptors (Lipinski definition) is 9. The first-order valence-corrected chi connectivity index (χ1v) is 13.4. The predicted molar refractivity (Wildman–Crippen MR) is 157 cm³/mol. The van der Waals surface area contributed by atoms with Gasteiger partial charge in [0.1, 0.15) is 11.6 Å². The van der Waals surface area contributed by atoms with Crippen LogP contribution in [0.25, 0.3) is 11.0 Å². The molecule has 2 N–H and O–H groups in total. The van der Waals surface area contributed by atoms with Crippen LogP contribution in [-0.2, 0) is 32.0 Å². The van der Waals surface area contributed by atoms with Crippen molar-refractivity contribution in [3.63, 3.8) is 0 Å². The van der Waals surface area contributed by atoms with Gasteiger partial charge in [-0.1, -0.05) is 60.7 Å². The standard InChI is InChI=1S/C32H32N2O9/c1-20-28(35)23-15-26(41-18-39-2)27(42-19-40-3)16-25(23)43-30(20)32(38)34-24(14-21-10-6-4-7-11-21)29(36)31(37)33-17-22-12-8-5-9-13-22/h4-13,15-16,24H,14,17-19H2,1-3H3,(H,33,37)(H,34,38)/t24-/m0/s1. The fourth-order valence-electron chi connectivity index (χ4n) is 4.29. The molecule has 0 aliphatic rings. The monoisotopic (exact) mass is 588 g/mol. The Balaban J connectivity index is 1.63. The molecule has 4 aromatic rings. The van der Waals surface area contributed by atoms with Gasteiger partial charge in [0.25, 0.3) is 11.8 Å². The highest BCUT2D eigenvalue weighted by molar-refractivity contribution is 6.38. The van der Waals surface area contributed by atoms with Crippen LogP contribution in [0, 0.1) is 6.92 Å². The first kappa shape index (κ1) is 30.9. The van der Waals surface area contributed by atoms with E-state index in [9.17, 15) is 19.2 Å². The van der Waals surface area contributed by atoms with E-state index in [2.05, 4.69) is 10.6 Å². The minimum absolute atomic E-state index is 0.00712. The molecule has 0 saturated heterocycles. The average Bonchev–Trinajstić information content (AvgIpc) is 3.03. The van der Waals surface area contributed by atoms with Gasteiger partial charge in [-0.15, -0.1) is 0 Å². The minimum Gasteiger partial charge on any atom is -0.464 e. The summed E-state index contributed by atoms with van der Waals surface area (Å²) in [5.74, 6) is -2.44. The predicted octanol–water partition coefficient (Wildman–Crippen LogP) is 3.29. The Morgan fingerprint density at radius 3 is 2.02 bits per heavy atom. The number of ether oxygens (including phenoxy) is 4. The van der Waals surface area contributed by atoms with Crippen molar-refractivity contribution in [3.05, 3.63) is 105 Å². The highest BCUT2D eigenvalue weighted by atomic mass is 16.7. The van der Waals surface area contributed by atoms with Crippen molar-refractivity contribution in [3.8, 4) is 11.5 Å². The van der Waals surface area contributed by atoms with Crippen molar-refractivity contribution in [2.24, 2.45) is 0 Å². The van der Waals surface area contributed by atoms with Gasteiger partial charge in [-0.05, 0) is 24.1 Å². The van der Waals surface area contributed by atoms with E-state index in [1.807, 2.05) is 36.4 Å². The molecule has 0 radical (unpaired) electrons. The molecule has 0 spiro atoms. The van der Waals surface area contributed by atoms with Crippen molar-refractivity contribution in [2.75, 3.05) is 27.8 Å². The lowest BCUT2D eigenvalue weighted by Gasteiger charge is -2.18. The molecule has 224 valence electrons. The van der Waals surface area contributed by atoms with Gasteiger partial charge in [0.15, 0.2) is 36.3 Å². The van der Waals surface area contributed by atoms with E-state index < -0.39 is 29.1 Å². The molecule has 0 aliphatic heterocycles. The summed E-state index contributed by atoms with van der Waals surface area (Å²) in [6.07, 6.45) is 0.0379. The van der Waals surface area contributed by atoms with Crippen LogP contribution in [0.2, 0.25) is 0 Å². The van der Waals surface area contributed by atoms with Crippen LogP contribution in [0.5, 0.6) is 11.5 Å². The molecule has 2 amide bonds. The van der Waals surface area contributed by atoms with Gasteiger partial charge in [0.2, 0.25) is 5.78 Å². The molecule has 43 heavy (non-hydrogen) atoms. The number of benzene rings is 3. The third-order valence-corrected chi connectivity index (χ3v) is 6.48. The van der Waals surface area contributed by atoms with Gasteiger partial charge in [-0.25, -0.2) is 0 Å². The average molecular weight is 589 g/mol. The molecule has 0 bridgehead atoms. The number of nitrogens with one attached hydrogen (secondary N) is 2. The zero-order chi connectivity index (χ0) is 30.8. The van der Waals surface area contributed by atoms with E-state index in [4.69, 9.17) is 23.4 Å². The zero-order valence-corrected chi connectivity index (χ0v) is 24.0. The lowest BCUT2D eigenvalue weighted by Crippen LogP contribution is -2.48. The molecular weight excluding hydrogens is 556 g/mol. The molecule has 4 rings (SSSR count). The SMILES string of the molecule is COCOc1cc2oc(C(=O)N[C@@H](Cc3ccccc3)C(=O)C(=O)NCc3ccccc3)c(C)c(=O)c2cc1OCOC. The van der Waals surface area contributed by atoms with Gasteiger partial charge >= 0.3 is 0 Å². The van der Waals surface area contributed by atoms with Crippen LogP contribution in [0.3, 0.4) is 0 Å². The molecule has 11 nitrogen and oxygen atoms in total. The number of carbonyl (C=O) groups is 3. The summed E-state index contributed by atoms with van der Waals surface area (Å²) in [5.41, 5.74) is 1.09. The van der Waals surface area contributed by atoms with Crippen LogP contribution in [0.15, 0.2) is 82.0 Å². The minimum atomic E-state index is -1.24. The van der Waals surface area contributed by atoms with Crippen molar-refractivity contribution in [1.29, 1.82) is 0 Å². The van der Waals surface area contributed by atoms with Gasteiger partial charge in [-0.2, -0.15) is 0 Å². The topological polar surface area (TPSA) is 142 Å². The summed E-state index contributed by atoms with van der Waals surface area (Å²) < 4.78 is 26.9. The molecule has 0 unspecified atom stereocenters. The molecule has 1 aromatic heterocycles. The number of Topliss-reactive ketones (excluding diaryl/α,β-unsaturated/α-hetero) is 1. The summed E-state index contributed by atoms with van der Waals surface area (Å²) in [6, 6.07) is 19.7. The molecule has 11 heteroatoms. The first-order valence-electron chi connectivity index (χ1n) is 13.4. The van der Waals surface area contributed by atoms with Crippen molar-refractivity contribution in [1.82, 2.24) is 10.6 Å². The molecule has 1 heterocycles. The van der Waals surface area contributed by atoms with Crippen LogP contribution in [0.4, 0.5) is 0 Å². The van der Waals surface area contributed by atoms with E-state index in [1.54, 1.807) is 24.3 Å². The number of hydrogen-bond donors (Lipinski definition) is 2. The number of ketones is 1. The van der Waals surface area contributed by atoms with E-state index in [-0.39, 0.29) is 60.3 Å². The number of methoxy groups -OCH3 is 2. The lowest BCUT2D eigenvalue weighted by molar-refractivity contribution is -0.139. The molecule has 0 fully saturated rings. The quantitative estimate of drug-likeness (QED) is 0.168. The Morgan fingerprint density at radius 1 is 0.837 bits per heavy atom. The van der Waals surface area contributed by atoms with Crippen LogP contribution >= 0.6 is 0 Å². The molecule has 0 aliphatic carbocycles. The van der Waals surface area contributed by atoms with Gasteiger partial charge in [0, 0.05) is 38.8 Å². The molecular formula is C32H32N2O9. The van der Waals surface area contributed by atoms with E-state index in [0.29, 0.717) is 0 Å². The Morgan fingerprint density at radius 2 is 1.42 bits per heavy atom. The fraction of sp³-hybridized carbons (Fsp3) is 0.250. The normalized spacial score (nSPS) is 11.5. The van der Waals surface area contributed by atoms with Crippen LogP contribution in [0.1, 0.15) is 27.2 Å². The zero-order valence-electron chi connectivity index (χ0n) is 24.0. The van der Waals surface area contributed by atoms with E-state index >= 15 is 0 Å². The highest BCUT2D eigenvalue weighted by Gasteiger charge is 2.29. The van der Waals surface area contributed by atoms with Gasteiger partial charge < -0.3 is 34.0 Å². The number of carbonyl (C=O) groups excluding carboxylic acids is 3. The van der Waals surface area contributed by atoms with Gasteiger partial charge in [0.05, 0.1) is 5.39 Å². The van der Waals surface area contributed by atoms with E-state index in [1.165, 1.54) is 33.3 Å². The maximum absolute atomic E-state index is 13.5. The summed E-state index contributed by atoms with van der Waals surface area (Å²) in [5, 5.41) is 5.36. The first-order chi connectivity index (χ1) is 20.8. The second-order valence-corrected chi connectivity index (χ2v) is 9.53. The fourth-order valence-corrected chi connectivity index (χ4v) is 4.29. The largest absolute Gasteiger partial charge is 0.464 e. The second-order valence-electron chi connectivity index (χ2n) is 9.53. The Labute approximate surface area is 247 Å². The highest BCUT2D eigenvalue weighted by Crippen LogP contribution is 2.32. The number of fused-ring (bicyclic) bond motifs is 1. The summed E-state index contributed by atoms with van der Waals surface area (Å²) in [4.78, 5) is 53.0. The van der Waals surface area contributed by atoms with Crippen molar-refractivity contribution in [2.45, 2.75) is 25.9 Å². The number of rotatable bonds is 14. The van der Waals surface area contributed by atoms with Gasteiger partial charge in [-0.3, -0.25) is 19.2 Å². The summed E-state index contributed by atoms with van der Waals surface area (Å²) in [7, 11) is 2.89. The van der Waals surface area contributed by atoms with Crippen molar-refractivity contribution >= 4 is 28.6 Å². The molecule has 0 saturated carbocycles. The van der Waals surface area contributed by atoms with E-state index in [0.717, 1.165) is 11.1 Å².